The maximum atomic E-state index is 13.4. The van der Waals surface area contributed by atoms with Crippen LogP contribution in [0.15, 0.2) is 47.2 Å². The van der Waals surface area contributed by atoms with Crippen molar-refractivity contribution in [3.8, 4) is 11.3 Å². The summed E-state index contributed by atoms with van der Waals surface area (Å²) in [6.07, 6.45) is 4.43. The van der Waals surface area contributed by atoms with Crippen LogP contribution in [0, 0.1) is 5.82 Å². The lowest BCUT2D eigenvalue weighted by Crippen LogP contribution is -2.52. The van der Waals surface area contributed by atoms with E-state index in [0.717, 1.165) is 18.7 Å². The van der Waals surface area contributed by atoms with Gasteiger partial charge in [0.25, 0.3) is 5.91 Å². The lowest BCUT2D eigenvalue weighted by atomic mass is 9.81. The number of nitrogens with zero attached hydrogens (tertiary/aromatic N) is 2. The molecule has 28 heavy (non-hydrogen) atoms. The number of halogens is 2. The summed E-state index contributed by atoms with van der Waals surface area (Å²) in [6, 6.07) is 7.94. The molecule has 0 unspecified atom stereocenters. The van der Waals surface area contributed by atoms with Gasteiger partial charge in [0.05, 0.1) is 22.5 Å². The Morgan fingerprint density at radius 3 is 2.68 bits per heavy atom. The largest absolute Gasteiger partial charge is 0.458 e. The number of rotatable bonds is 4. The third-order valence-electron chi connectivity index (χ3n) is 5.20. The average molecular weight is 403 g/mol. The van der Waals surface area contributed by atoms with E-state index in [1.807, 2.05) is 0 Å². The highest BCUT2D eigenvalue weighted by Gasteiger charge is 2.36. The number of amides is 1. The number of carbonyl (C=O) groups excluding carboxylic acids is 1. The van der Waals surface area contributed by atoms with Crippen molar-refractivity contribution < 1.29 is 13.6 Å². The van der Waals surface area contributed by atoms with E-state index in [2.05, 4.69) is 15.7 Å². The van der Waals surface area contributed by atoms with E-state index in [4.69, 9.17) is 16.0 Å². The topological polar surface area (TPSA) is 72.1 Å². The van der Waals surface area contributed by atoms with Gasteiger partial charge in [-0.15, -0.1) is 0 Å². The smallest absolute Gasteiger partial charge is 0.287 e. The van der Waals surface area contributed by atoms with Crippen LogP contribution in [0.5, 0.6) is 0 Å². The van der Waals surface area contributed by atoms with Crippen molar-refractivity contribution in [1.29, 1.82) is 0 Å². The molecule has 1 aliphatic heterocycles. The van der Waals surface area contributed by atoms with Gasteiger partial charge in [-0.25, -0.2) is 4.39 Å². The van der Waals surface area contributed by atoms with E-state index >= 15 is 0 Å². The van der Waals surface area contributed by atoms with Crippen LogP contribution in [-0.2, 0) is 12.6 Å². The van der Waals surface area contributed by atoms with Crippen molar-refractivity contribution in [3.05, 3.63) is 65.0 Å². The molecule has 3 aromatic rings. The van der Waals surface area contributed by atoms with Gasteiger partial charge >= 0.3 is 0 Å². The first-order valence-corrected chi connectivity index (χ1v) is 9.42. The van der Waals surface area contributed by atoms with Gasteiger partial charge < -0.3 is 15.1 Å². The van der Waals surface area contributed by atoms with Gasteiger partial charge in [0, 0.05) is 12.6 Å². The van der Waals surface area contributed by atoms with Crippen LogP contribution < -0.4 is 10.6 Å². The lowest BCUT2D eigenvalue weighted by molar-refractivity contribution is 0.0843. The number of nitrogens with one attached hydrogen (secondary N) is 2. The quantitative estimate of drug-likeness (QED) is 0.700. The first kappa shape index (κ1) is 18.7. The van der Waals surface area contributed by atoms with Gasteiger partial charge in [0.1, 0.15) is 12.1 Å². The Labute approximate surface area is 166 Å². The number of furan rings is 1. The molecule has 8 heteroatoms. The Balaban J connectivity index is 1.61. The number of aromatic nitrogens is 2. The molecule has 0 saturated carbocycles. The summed E-state index contributed by atoms with van der Waals surface area (Å²) in [4.78, 5) is 13.0. The second-order valence-electron chi connectivity index (χ2n) is 6.96. The van der Waals surface area contributed by atoms with Crippen LogP contribution >= 0.6 is 11.6 Å². The van der Waals surface area contributed by atoms with E-state index in [-0.39, 0.29) is 17.5 Å². The molecule has 2 aromatic heterocycles. The maximum absolute atomic E-state index is 13.4. The number of hydrogen-bond donors (Lipinski definition) is 2. The van der Waals surface area contributed by atoms with Gasteiger partial charge in [-0.1, -0.05) is 23.7 Å². The van der Waals surface area contributed by atoms with Crippen molar-refractivity contribution in [3.63, 3.8) is 0 Å². The van der Waals surface area contributed by atoms with Crippen molar-refractivity contribution in [2.75, 3.05) is 13.1 Å². The number of benzene rings is 1. The summed E-state index contributed by atoms with van der Waals surface area (Å²) in [5.74, 6) is -0.439. The minimum absolute atomic E-state index is 0.187. The number of aryl methyl sites for hydroxylation is 1. The van der Waals surface area contributed by atoms with E-state index in [0.29, 0.717) is 29.1 Å². The average Bonchev–Trinajstić information content (AvgIpc) is 3.29. The third kappa shape index (κ3) is 3.43. The summed E-state index contributed by atoms with van der Waals surface area (Å²) in [7, 11) is 1.77. The molecule has 1 aliphatic rings. The SMILES string of the molecule is Cn1ncc(Cl)c1-c1coc(C(=O)NC2(c3ccc(F)cc3)CCNCC2)c1. The molecule has 3 heterocycles. The number of piperidine rings is 1. The zero-order valence-electron chi connectivity index (χ0n) is 15.3. The highest BCUT2D eigenvalue weighted by Crippen LogP contribution is 2.32. The Kier molecular flexibility index (Phi) is 4.95. The standard InChI is InChI=1S/C20H20ClFN4O2/c1-26-18(16(21)11-24-26)13-10-17(28-12-13)19(27)25-20(6-8-23-9-7-20)14-2-4-15(22)5-3-14/h2-5,10-12,23H,6-9H2,1H3,(H,25,27). The summed E-state index contributed by atoms with van der Waals surface area (Å²) >= 11 is 6.18. The molecule has 4 rings (SSSR count). The molecular weight excluding hydrogens is 383 g/mol. The fourth-order valence-electron chi connectivity index (χ4n) is 3.70. The summed E-state index contributed by atoms with van der Waals surface area (Å²) in [6.45, 7) is 1.51. The minimum Gasteiger partial charge on any atom is -0.458 e. The first-order chi connectivity index (χ1) is 13.5. The zero-order chi connectivity index (χ0) is 19.7. The van der Waals surface area contributed by atoms with Crippen molar-refractivity contribution in [1.82, 2.24) is 20.4 Å². The fourth-order valence-corrected chi connectivity index (χ4v) is 3.98. The highest BCUT2D eigenvalue weighted by molar-refractivity contribution is 6.33. The number of hydrogen-bond acceptors (Lipinski definition) is 4. The second-order valence-corrected chi connectivity index (χ2v) is 7.36. The van der Waals surface area contributed by atoms with E-state index < -0.39 is 5.54 Å². The molecule has 2 N–H and O–H groups in total. The van der Waals surface area contributed by atoms with Crippen LogP contribution in [0.3, 0.4) is 0 Å². The molecule has 1 fully saturated rings. The maximum Gasteiger partial charge on any atom is 0.287 e. The summed E-state index contributed by atoms with van der Waals surface area (Å²) in [5.41, 5.74) is 1.66. The minimum atomic E-state index is -0.576. The summed E-state index contributed by atoms with van der Waals surface area (Å²) in [5, 5.41) is 11.0. The number of carbonyl (C=O) groups is 1. The van der Waals surface area contributed by atoms with E-state index in [9.17, 15) is 9.18 Å². The van der Waals surface area contributed by atoms with Crippen LogP contribution in [0.25, 0.3) is 11.3 Å². The van der Waals surface area contributed by atoms with Gasteiger partial charge in [-0.05, 0) is 49.7 Å². The molecule has 0 atom stereocenters. The second kappa shape index (κ2) is 7.41. The van der Waals surface area contributed by atoms with Crippen LogP contribution in [-0.4, -0.2) is 28.8 Å². The predicted octanol–water partition coefficient (Wildman–Crippen LogP) is 3.48. The highest BCUT2D eigenvalue weighted by atomic mass is 35.5. The van der Waals surface area contributed by atoms with Crippen molar-refractivity contribution >= 4 is 17.5 Å². The Hall–Kier alpha value is -2.64. The first-order valence-electron chi connectivity index (χ1n) is 9.04. The van der Waals surface area contributed by atoms with Crippen molar-refractivity contribution in [2.45, 2.75) is 18.4 Å². The Morgan fingerprint density at radius 1 is 1.32 bits per heavy atom. The fraction of sp³-hybridized carbons (Fsp3) is 0.300. The van der Waals surface area contributed by atoms with E-state index in [1.54, 1.807) is 36.1 Å². The van der Waals surface area contributed by atoms with Gasteiger partial charge in [0.15, 0.2) is 5.76 Å². The zero-order valence-corrected chi connectivity index (χ0v) is 16.1. The summed E-state index contributed by atoms with van der Waals surface area (Å²) < 4.78 is 20.5. The normalized spacial score (nSPS) is 16.1. The Morgan fingerprint density at radius 2 is 2.04 bits per heavy atom. The van der Waals surface area contributed by atoms with Crippen molar-refractivity contribution in [2.24, 2.45) is 7.05 Å². The monoisotopic (exact) mass is 402 g/mol. The molecule has 1 saturated heterocycles. The molecular formula is C20H20ClFN4O2. The molecule has 0 radical (unpaired) electrons. The van der Waals surface area contributed by atoms with Gasteiger partial charge in [0.2, 0.25) is 0 Å². The molecule has 0 bridgehead atoms. The third-order valence-corrected chi connectivity index (χ3v) is 5.47. The lowest BCUT2D eigenvalue weighted by Gasteiger charge is -2.38. The van der Waals surface area contributed by atoms with E-state index in [1.165, 1.54) is 18.4 Å². The molecule has 0 aliphatic carbocycles. The molecule has 1 amide bonds. The molecule has 146 valence electrons. The molecule has 0 spiro atoms. The predicted molar refractivity (Wildman–Crippen MR) is 104 cm³/mol. The van der Waals surface area contributed by atoms with Gasteiger partial charge in [-0.2, -0.15) is 5.10 Å². The Bertz CT molecular complexity index is 971. The molecule has 6 nitrogen and oxygen atoms in total. The van der Waals surface area contributed by atoms with Gasteiger partial charge in [-0.3, -0.25) is 9.48 Å². The van der Waals surface area contributed by atoms with Crippen LogP contribution in [0.2, 0.25) is 5.02 Å². The van der Waals surface area contributed by atoms with Crippen LogP contribution in [0.4, 0.5) is 4.39 Å². The molecule has 1 aromatic carbocycles. The van der Waals surface area contributed by atoms with Crippen LogP contribution in [0.1, 0.15) is 29.0 Å².